The summed E-state index contributed by atoms with van der Waals surface area (Å²) in [6, 6.07) is 6.58. The topological polar surface area (TPSA) is 17.1 Å². The van der Waals surface area contributed by atoms with Crippen molar-refractivity contribution in [3.63, 3.8) is 0 Å². The lowest BCUT2D eigenvalue weighted by Crippen LogP contribution is -2.20. The summed E-state index contributed by atoms with van der Waals surface area (Å²) in [4.78, 5) is 11.3. The molecule has 0 radical (unpaired) electrons. The first kappa shape index (κ1) is 9.45. The third kappa shape index (κ3) is 1.72. The fourth-order valence-electron chi connectivity index (χ4n) is 2.23. The summed E-state index contributed by atoms with van der Waals surface area (Å²) in [6.07, 6.45) is 3.05. The van der Waals surface area contributed by atoms with E-state index in [1.54, 1.807) is 6.92 Å². The summed E-state index contributed by atoms with van der Waals surface area (Å²) in [7, 11) is 0. The molecule has 0 fully saturated rings. The number of ketones is 1. The van der Waals surface area contributed by atoms with Gasteiger partial charge in [0.05, 0.1) is 0 Å². The summed E-state index contributed by atoms with van der Waals surface area (Å²) < 4.78 is 0. The van der Waals surface area contributed by atoms with Crippen molar-refractivity contribution in [3.8, 4) is 0 Å². The molecule has 14 heavy (non-hydrogen) atoms. The van der Waals surface area contributed by atoms with Gasteiger partial charge in [0.2, 0.25) is 0 Å². The Morgan fingerprint density at radius 2 is 2.14 bits per heavy atom. The maximum absolute atomic E-state index is 11.3. The van der Waals surface area contributed by atoms with Gasteiger partial charge in [-0.2, -0.15) is 0 Å². The Kier molecular flexibility index (Phi) is 2.40. The standard InChI is InChI=1S/C13H16O/c1-9-3-4-13-8-11(10(2)14)5-6-12(13)7-9/h3-4,7,11H,5-6,8H2,1-2H3. The molecule has 0 saturated heterocycles. The molecule has 2 rings (SSSR count). The largest absolute Gasteiger partial charge is 0.300 e. The van der Waals surface area contributed by atoms with E-state index in [4.69, 9.17) is 0 Å². The molecule has 1 aliphatic rings. The van der Waals surface area contributed by atoms with E-state index in [2.05, 4.69) is 25.1 Å². The Hall–Kier alpha value is -1.11. The highest BCUT2D eigenvalue weighted by Gasteiger charge is 2.21. The van der Waals surface area contributed by atoms with Crippen LogP contribution in [0, 0.1) is 12.8 Å². The van der Waals surface area contributed by atoms with E-state index in [9.17, 15) is 4.79 Å². The molecule has 0 N–H and O–H groups in total. The third-order valence-corrected chi connectivity index (χ3v) is 3.17. The summed E-state index contributed by atoms with van der Waals surface area (Å²) >= 11 is 0. The second-order valence-corrected chi connectivity index (χ2v) is 4.32. The molecule has 1 aliphatic carbocycles. The first-order valence-corrected chi connectivity index (χ1v) is 5.25. The van der Waals surface area contributed by atoms with Crippen LogP contribution in [0.3, 0.4) is 0 Å². The molecule has 1 atom stereocenters. The molecule has 0 aromatic heterocycles. The molecule has 1 nitrogen and oxygen atoms in total. The lowest BCUT2D eigenvalue weighted by atomic mass is 9.81. The highest BCUT2D eigenvalue weighted by molar-refractivity contribution is 5.79. The number of carbonyl (C=O) groups is 1. The second-order valence-electron chi connectivity index (χ2n) is 4.32. The zero-order valence-electron chi connectivity index (χ0n) is 8.84. The summed E-state index contributed by atoms with van der Waals surface area (Å²) in [5, 5.41) is 0. The molecular weight excluding hydrogens is 172 g/mol. The van der Waals surface area contributed by atoms with E-state index in [1.807, 2.05) is 0 Å². The fraction of sp³-hybridized carbons (Fsp3) is 0.462. The average Bonchev–Trinajstić information content (AvgIpc) is 2.16. The minimum absolute atomic E-state index is 0.269. The SMILES string of the molecule is CC(=O)C1CCc2cc(C)ccc2C1. The van der Waals surface area contributed by atoms with E-state index >= 15 is 0 Å². The molecule has 1 aromatic rings. The van der Waals surface area contributed by atoms with Crippen LogP contribution in [-0.4, -0.2) is 5.78 Å². The zero-order chi connectivity index (χ0) is 10.1. The maximum atomic E-state index is 11.3. The molecule has 0 bridgehead atoms. The monoisotopic (exact) mass is 188 g/mol. The number of benzene rings is 1. The van der Waals surface area contributed by atoms with E-state index in [-0.39, 0.29) is 5.92 Å². The molecule has 0 aliphatic heterocycles. The van der Waals surface area contributed by atoms with Gasteiger partial charge in [-0.1, -0.05) is 23.8 Å². The molecule has 1 unspecified atom stereocenters. The first-order valence-electron chi connectivity index (χ1n) is 5.25. The molecular formula is C13H16O. The van der Waals surface area contributed by atoms with Crippen molar-refractivity contribution >= 4 is 5.78 Å². The number of Topliss-reactive ketones (excluding diaryl/α,β-unsaturated/α-hetero) is 1. The quantitative estimate of drug-likeness (QED) is 0.662. The zero-order valence-corrected chi connectivity index (χ0v) is 8.84. The van der Waals surface area contributed by atoms with Crippen molar-refractivity contribution in [3.05, 3.63) is 34.9 Å². The van der Waals surface area contributed by atoms with Gasteiger partial charge in [-0.25, -0.2) is 0 Å². The molecule has 1 aromatic carbocycles. The molecule has 0 amide bonds. The number of aryl methyl sites for hydroxylation is 2. The van der Waals surface area contributed by atoms with Gasteiger partial charge in [-0.15, -0.1) is 0 Å². The van der Waals surface area contributed by atoms with Crippen LogP contribution in [-0.2, 0) is 17.6 Å². The lowest BCUT2D eigenvalue weighted by Gasteiger charge is -2.22. The van der Waals surface area contributed by atoms with Crippen LogP contribution in [0.25, 0.3) is 0 Å². The van der Waals surface area contributed by atoms with E-state index < -0.39 is 0 Å². The van der Waals surface area contributed by atoms with Gasteiger partial charge < -0.3 is 0 Å². The van der Waals surface area contributed by atoms with Gasteiger partial charge in [-0.3, -0.25) is 4.79 Å². The Morgan fingerprint density at radius 1 is 1.36 bits per heavy atom. The van der Waals surface area contributed by atoms with Crippen LogP contribution in [0.15, 0.2) is 18.2 Å². The van der Waals surface area contributed by atoms with Crippen molar-refractivity contribution in [1.82, 2.24) is 0 Å². The van der Waals surface area contributed by atoms with Crippen molar-refractivity contribution in [2.45, 2.75) is 33.1 Å². The highest BCUT2D eigenvalue weighted by atomic mass is 16.1. The van der Waals surface area contributed by atoms with E-state index in [0.29, 0.717) is 5.78 Å². The molecule has 0 saturated carbocycles. The molecule has 0 spiro atoms. The van der Waals surface area contributed by atoms with Crippen LogP contribution in [0.1, 0.15) is 30.0 Å². The maximum Gasteiger partial charge on any atom is 0.133 e. The van der Waals surface area contributed by atoms with Crippen LogP contribution in [0.5, 0.6) is 0 Å². The van der Waals surface area contributed by atoms with Crippen molar-refractivity contribution < 1.29 is 4.79 Å². The van der Waals surface area contributed by atoms with Crippen LogP contribution in [0.4, 0.5) is 0 Å². The summed E-state index contributed by atoms with van der Waals surface area (Å²) in [5.74, 6) is 0.612. The predicted octanol–water partition coefficient (Wildman–Crippen LogP) is 2.69. The molecule has 74 valence electrons. The normalized spacial score (nSPS) is 20.3. The van der Waals surface area contributed by atoms with Crippen molar-refractivity contribution in [2.75, 3.05) is 0 Å². The highest BCUT2D eigenvalue weighted by Crippen LogP contribution is 2.26. The second kappa shape index (κ2) is 3.56. The van der Waals surface area contributed by atoms with Crippen LogP contribution >= 0.6 is 0 Å². The van der Waals surface area contributed by atoms with Gasteiger partial charge in [0.15, 0.2) is 0 Å². The van der Waals surface area contributed by atoms with Crippen molar-refractivity contribution in [2.24, 2.45) is 5.92 Å². The van der Waals surface area contributed by atoms with Gasteiger partial charge >= 0.3 is 0 Å². The van der Waals surface area contributed by atoms with Gasteiger partial charge in [-0.05, 0) is 44.2 Å². The minimum atomic E-state index is 0.269. The third-order valence-electron chi connectivity index (χ3n) is 3.17. The van der Waals surface area contributed by atoms with E-state index in [1.165, 1.54) is 16.7 Å². The molecule has 1 heteroatoms. The Bertz CT molecular complexity index is 365. The van der Waals surface area contributed by atoms with Crippen LogP contribution < -0.4 is 0 Å². The number of rotatable bonds is 1. The number of fused-ring (bicyclic) bond motifs is 1. The minimum Gasteiger partial charge on any atom is -0.300 e. The number of hydrogen-bond acceptors (Lipinski definition) is 1. The van der Waals surface area contributed by atoms with Gasteiger partial charge in [0.25, 0.3) is 0 Å². The van der Waals surface area contributed by atoms with Crippen LogP contribution in [0.2, 0.25) is 0 Å². The average molecular weight is 188 g/mol. The smallest absolute Gasteiger partial charge is 0.133 e. The van der Waals surface area contributed by atoms with Crippen molar-refractivity contribution in [1.29, 1.82) is 0 Å². The van der Waals surface area contributed by atoms with E-state index in [0.717, 1.165) is 19.3 Å². The summed E-state index contributed by atoms with van der Waals surface area (Å²) in [6.45, 7) is 3.83. The first-order chi connectivity index (χ1) is 6.66. The Morgan fingerprint density at radius 3 is 2.86 bits per heavy atom. The van der Waals surface area contributed by atoms with Gasteiger partial charge in [0, 0.05) is 5.92 Å². The Labute approximate surface area is 85.1 Å². The Balaban J connectivity index is 2.27. The predicted molar refractivity (Wildman–Crippen MR) is 57.4 cm³/mol. The number of carbonyl (C=O) groups excluding carboxylic acids is 1. The fourth-order valence-corrected chi connectivity index (χ4v) is 2.23. The number of hydrogen-bond donors (Lipinski definition) is 0. The lowest BCUT2D eigenvalue weighted by molar-refractivity contribution is -0.121. The molecule has 0 heterocycles. The summed E-state index contributed by atoms with van der Waals surface area (Å²) in [5.41, 5.74) is 4.15. The van der Waals surface area contributed by atoms with Gasteiger partial charge in [0.1, 0.15) is 5.78 Å².